The van der Waals surface area contributed by atoms with Crippen LogP contribution < -0.4 is 5.32 Å². The maximum atomic E-state index is 10.8. The van der Waals surface area contributed by atoms with E-state index in [1.54, 1.807) is 18.2 Å². The molecular formula is C14H8Cl2N2O2. The lowest BCUT2D eigenvalue weighted by Gasteiger charge is -2.10. The summed E-state index contributed by atoms with van der Waals surface area (Å²) >= 11 is 11.9. The number of carbonyl (C=O) groups is 1. The molecule has 0 aliphatic carbocycles. The van der Waals surface area contributed by atoms with Crippen LogP contribution in [-0.4, -0.2) is 11.1 Å². The van der Waals surface area contributed by atoms with Crippen LogP contribution in [-0.2, 0) is 0 Å². The van der Waals surface area contributed by atoms with Crippen LogP contribution in [0.3, 0.4) is 0 Å². The van der Waals surface area contributed by atoms with Crippen LogP contribution in [0.1, 0.15) is 15.9 Å². The van der Waals surface area contributed by atoms with E-state index in [0.29, 0.717) is 22.0 Å². The van der Waals surface area contributed by atoms with E-state index in [4.69, 9.17) is 33.6 Å². The predicted molar refractivity (Wildman–Crippen MR) is 77.9 cm³/mol. The molecule has 6 heteroatoms. The first-order valence-corrected chi connectivity index (χ1v) is 6.26. The number of nitriles is 1. The van der Waals surface area contributed by atoms with Gasteiger partial charge in [-0.1, -0.05) is 23.2 Å². The van der Waals surface area contributed by atoms with Crippen molar-refractivity contribution in [2.24, 2.45) is 0 Å². The van der Waals surface area contributed by atoms with Crippen molar-refractivity contribution in [2.75, 3.05) is 5.32 Å². The highest BCUT2D eigenvalue weighted by Gasteiger charge is 2.09. The fourth-order valence-corrected chi connectivity index (χ4v) is 2.01. The van der Waals surface area contributed by atoms with Gasteiger partial charge in [-0.05, 0) is 36.4 Å². The summed E-state index contributed by atoms with van der Waals surface area (Å²) in [5.74, 6) is -1.06. The molecule has 2 aromatic rings. The van der Waals surface area contributed by atoms with Crippen LogP contribution in [0.4, 0.5) is 11.4 Å². The van der Waals surface area contributed by atoms with Gasteiger partial charge in [-0.25, -0.2) is 4.79 Å². The number of nitrogens with zero attached hydrogens (tertiary/aromatic N) is 1. The molecule has 2 aromatic carbocycles. The topological polar surface area (TPSA) is 73.1 Å². The number of halogens is 2. The minimum atomic E-state index is -1.06. The highest BCUT2D eigenvalue weighted by Crippen LogP contribution is 2.29. The minimum absolute atomic E-state index is 0.0900. The molecule has 0 atom stereocenters. The van der Waals surface area contributed by atoms with Crippen molar-refractivity contribution in [3.63, 3.8) is 0 Å². The predicted octanol–water partition coefficient (Wildman–Crippen LogP) is 4.31. The first-order chi connectivity index (χ1) is 9.51. The average molecular weight is 307 g/mol. The van der Waals surface area contributed by atoms with Crippen LogP contribution in [0.5, 0.6) is 0 Å². The molecule has 0 saturated heterocycles. The normalized spacial score (nSPS) is 9.85. The van der Waals surface area contributed by atoms with Gasteiger partial charge in [-0.3, -0.25) is 0 Å². The van der Waals surface area contributed by atoms with Gasteiger partial charge in [0.15, 0.2) is 0 Å². The van der Waals surface area contributed by atoms with Crippen LogP contribution >= 0.6 is 23.2 Å². The summed E-state index contributed by atoms with van der Waals surface area (Å²) in [4.78, 5) is 10.8. The van der Waals surface area contributed by atoms with E-state index in [0.717, 1.165) is 0 Å². The molecule has 0 radical (unpaired) electrons. The van der Waals surface area contributed by atoms with Gasteiger partial charge < -0.3 is 10.4 Å². The zero-order valence-electron chi connectivity index (χ0n) is 10.0. The van der Waals surface area contributed by atoms with E-state index in [-0.39, 0.29) is 10.6 Å². The fourth-order valence-electron chi connectivity index (χ4n) is 1.61. The molecule has 2 rings (SSSR count). The molecule has 0 fully saturated rings. The number of anilines is 2. The highest BCUT2D eigenvalue weighted by atomic mass is 35.5. The number of aromatic carboxylic acids is 1. The van der Waals surface area contributed by atoms with Crippen molar-refractivity contribution in [3.8, 4) is 6.07 Å². The third-order valence-corrected chi connectivity index (χ3v) is 3.14. The Hall–Kier alpha value is -2.22. The minimum Gasteiger partial charge on any atom is -0.478 e. The molecule has 2 N–H and O–H groups in total. The summed E-state index contributed by atoms with van der Waals surface area (Å²) in [5.41, 5.74) is 1.50. The lowest BCUT2D eigenvalue weighted by atomic mass is 10.1. The van der Waals surface area contributed by atoms with Crippen molar-refractivity contribution in [3.05, 3.63) is 57.6 Å². The number of benzene rings is 2. The first-order valence-electron chi connectivity index (χ1n) is 5.51. The SMILES string of the molecule is N#Cc1ccc(Cl)cc1Nc1ccc(C(=O)O)cc1Cl. The molecular weight excluding hydrogens is 299 g/mol. The van der Waals surface area contributed by atoms with E-state index in [1.807, 2.05) is 6.07 Å². The van der Waals surface area contributed by atoms with Gasteiger partial charge in [0.05, 0.1) is 27.5 Å². The lowest BCUT2D eigenvalue weighted by molar-refractivity contribution is 0.0697. The molecule has 0 bridgehead atoms. The molecule has 0 saturated carbocycles. The van der Waals surface area contributed by atoms with Crippen LogP contribution in [0.15, 0.2) is 36.4 Å². The van der Waals surface area contributed by atoms with E-state index < -0.39 is 5.97 Å². The number of rotatable bonds is 3. The number of carboxylic acid groups (broad SMARTS) is 1. The molecule has 20 heavy (non-hydrogen) atoms. The monoisotopic (exact) mass is 306 g/mol. The smallest absolute Gasteiger partial charge is 0.335 e. The second kappa shape index (κ2) is 5.83. The molecule has 0 heterocycles. The second-order valence-corrected chi connectivity index (χ2v) is 4.77. The summed E-state index contributed by atoms with van der Waals surface area (Å²) < 4.78 is 0. The Morgan fingerprint density at radius 3 is 2.50 bits per heavy atom. The summed E-state index contributed by atoms with van der Waals surface area (Å²) in [6.45, 7) is 0. The average Bonchev–Trinajstić information content (AvgIpc) is 2.41. The van der Waals surface area contributed by atoms with Crippen molar-refractivity contribution in [2.45, 2.75) is 0 Å². The Bertz CT molecular complexity index is 724. The van der Waals surface area contributed by atoms with Gasteiger partial charge in [0.1, 0.15) is 6.07 Å². The van der Waals surface area contributed by atoms with E-state index in [2.05, 4.69) is 5.32 Å². The van der Waals surface area contributed by atoms with E-state index >= 15 is 0 Å². The largest absolute Gasteiger partial charge is 0.478 e. The zero-order chi connectivity index (χ0) is 14.7. The molecule has 0 spiro atoms. The Labute approximate surface area is 125 Å². The number of hydrogen-bond acceptors (Lipinski definition) is 3. The van der Waals surface area contributed by atoms with Gasteiger partial charge in [0.2, 0.25) is 0 Å². The third-order valence-electron chi connectivity index (χ3n) is 2.59. The Morgan fingerprint density at radius 1 is 1.15 bits per heavy atom. The van der Waals surface area contributed by atoms with Crippen molar-refractivity contribution in [1.82, 2.24) is 0 Å². The summed E-state index contributed by atoms with van der Waals surface area (Å²) in [5, 5.41) is 21.6. The molecule has 0 aliphatic rings. The number of hydrogen-bond donors (Lipinski definition) is 2. The standard InChI is InChI=1S/C14H8Cl2N2O2/c15-10-3-1-9(7-17)13(6-10)18-12-4-2-8(14(19)20)5-11(12)16/h1-6,18H,(H,19,20). The van der Waals surface area contributed by atoms with E-state index in [9.17, 15) is 4.79 Å². The first kappa shape index (κ1) is 14.2. The summed E-state index contributed by atoms with van der Waals surface area (Å²) in [7, 11) is 0. The van der Waals surface area contributed by atoms with Crippen molar-refractivity contribution >= 4 is 40.5 Å². The Balaban J connectivity index is 2.38. The van der Waals surface area contributed by atoms with Crippen LogP contribution in [0.25, 0.3) is 0 Å². The molecule has 100 valence electrons. The third kappa shape index (κ3) is 3.02. The maximum absolute atomic E-state index is 10.8. The molecule has 4 nitrogen and oxygen atoms in total. The fraction of sp³-hybridized carbons (Fsp3) is 0. The second-order valence-electron chi connectivity index (χ2n) is 3.93. The number of carboxylic acids is 1. The van der Waals surface area contributed by atoms with Crippen LogP contribution in [0, 0.1) is 11.3 Å². The van der Waals surface area contributed by atoms with Gasteiger partial charge in [-0.15, -0.1) is 0 Å². The highest BCUT2D eigenvalue weighted by molar-refractivity contribution is 6.33. The lowest BCUT2D eigenvalue weighted by Crippen LogP contribution is -1.99. The van der Waals surface area contributed by atoms with Gasteiger partial charge in [0, 0.05) is 5.02 Å². The van der Waals surface area contributed by atoms with Gasteiger partial charge >= 0.3 is 5.97 Å². The van der Waals surface area contributed by atoms with Crippen molar-refractivity contribution in [1.29, 1.82) is 5.26 Å². The molecule has 0 amide bonds. The Morgan fingerprint density at radius 2 is 1.90 bits per heavy atom. The van der Waals surface area contributed by atoms with Crippen LogP contribution in [0.2, 0.25) is 10.0 Å². The quantitative estimate of drug-likeness (QED) is 0.886. The Kier molecular flexibility index (Phi) is 4.14. The molecule has 0 aliphatic heterocycles. The van der Waals surface area contributed by atoms with Gasteiger partial charge in [0.25, 0.3) is 0 Å². The number of nitrogens with one attached hydrogen (secondary N) is 1. The zero-order valence-corrected chi connectivity index (χ0v) is 11.5. The maximum Gasteiger partial charge on any atom is 0.335 e. The summed E-state index contributed by atoms with van der Waals surface area (Å²) in [6.07, 6.45) is 0. The summed E-state index contributed by atoms with van der Waals surface area (Å²) in [6, 6.07) is 11.1. The van der Waals surface area contributed by atoms with Crippen molar-refractivity contribution < 1.29 is 9.90 Å². The van der Waals surface area contributed by atoms with E-state index in [1.165, 1.54) is 18.2 Å². The molecule has 0 aromatic heterocycles. The molecule has 0 unspecified atom stereocenters. The van der Waals surface area contributed by atoms with Gasteiger partial charge in [-0.2, -0.15) is 5.26 Å².